The van der Waals surface area contributed by atoms with Crippen molar-refractivity contribution in [2.45, 2.75) is 151 Å². The van der Waals surface area contributed by atoms with Gasteiger partial charge in [-0.1, -0.05) is 0 Å². The van der Waals surface area contributed by atoms with Crippen molar-refractivity contribution in [3.05, 3.63) is 129 Å². The fourth-order valence-corrected chi connectivity index (χ4v) is 43.5. The summed E-state index contributed by atoms with van der Waals surface area (Å²) in [7, 11) is 18.4. The standard InChI is InChI=1S/2C26H31.C2H7Si.2ClH.Zr/c2*1-20-11-13-22(14-12-20)24-10-8-9-23-17-21(18-25(23)24)19-26(2)15-6-4-3-5-7-16-26;1-3-2;;;/h2*8-14,17-18H,3-7,15-16,19H2,1-2H3;3H,1-2H3;2*1H;/q;;;;;+2/p-2. The van der Waals surface area contributed by atoms with E-state index >= 15 is 0 Å². The van der Waals surface area contributed by atoms with Crippen LogP contribution in [0.1, 0.15) is 157 Å². The summed E-state index contributed by atoms with van der Waals surface area (Å²) in [5, 5.41) is 0. The molecule has 4 heteroatoms. The molecule has 4 aliphatic rings. The van der Waals surface area contributed by atoms with Gasteiger partial charge in [0.15, 0.2) is 0 Å². The van der Waals surface area contributed by atoms with Crippen LogP contribution in [-0.4, -0.2) is 5.92 Å². The van der Waals surface area contributed by atoms with Crippen LogP contribution in [-0.2, 0) is 15.6 Å². The Bertz CT molecular complexity index is 2010. The van der Waals surface area contributed by atoms with E-state index in [1.165, 1.54) is 146 Å². The molecule has 2 atom stereocenters. The van der Waals surface area contributed by atoms with Crippen molar-refractivity contribution in [1.82, 2.24) is 0 Å². The molecule has 307 valence electrons. The van der Waals surface area contributed by atoms with Gasteiger partial charge in [0, 0.05) is 0 Å². The van der Waals surface area contributed by atoms with Crippen LogP contribution in [0.5, 0.6) is 0 Å². The molecule has 4 aliphatic carbocycles. The summed E-state index contributed by atoms with van der Waals surface area (Å²) < 4.78 is 0.207. The van der Waals surface area contributed by atoms with E-state index in [0.717, 1.165) is 12.8 Å². The summed E-state index contributed by atoms with van der Waals surface area (Å²) in [6, 6.07) is 32.6. The average Bonchev–Trinajstić information content (AvgIpc) is 3.74. The number of aryl methyl sites for hydroxylation is 2. The van der Waals surface area contributed by atoms with Crippen LogP contribution in [0, 0.1) is 24.7 Å². The van der Waals surface area contributed by atoms with Gasteiger partial charge in [-0.3, -0.25) is 0 Å². The monoisotopic (exact) mass is 905 g/mol. The number of allylic oxidation sites excluding steroid dienone is 2. The minimum absolute atomic E-state index is 0.103. The summed E-state index contributed by atoms with van der Waals surface area (Å²) in [6.45, 7) is 14.7. The van der Waals surface area contributed by atoms with Crippen LogP contribution in [0.15, 0.2) is 96.1 Å². The molecule has 0 N–H and O–H groups in total. The Labute approximate surface area is 361 Å². The molecule has 0 bridgehead atoms. The summed E-state index contributed by atoms with van der Waals surface area (Å²) >= 11 is -5.09. The van der Waals surface area contributed by atoms with Gasteiger partial charge in [-0.25, -0.2) is 0 Å². The summed E-state index contributed by atoms with van der Waals surface area (Å²) in [5.74, 6) is -1.74. The Morgan fingerprint density at radius 3 is 1.21 bits per heavy atom. The predicted molar refractivity (Wildman–Crippen MR) is 255 cm³/mol. The SMILES string of the molecule is Cc1ccc(-c2cccc3c2C=C(CC2(C)CCCCCCC2)[CH]3[Zr]([Cl])([Cl])([CH]2C(CC3(C)CCCCCCC3)=Cc3c(-c4ccc(C)cc4)cccc32)[SiH](C)C)cc1. The molecule has 2 fully saturated rings. The molecule has 0 aliphatic heterocycles. The quantitative estimate of drug-likeness (QED) is 0.147. The van der Waals surface area contributed by atoms with Crippen LogP contribution in [0.2, 0.25) is 13.1 Å². The van der Waals surface area contributed by atoms with Gasteiger partial charge in [-0.05, 0) is 0 Å². The fourth-order valence-electron chi connectivity index (χ4n) is 12.2. The third-order valence-electron chi connectivity index (χ3n) is 15.6. The summed E-state index contributed by atoms with van der Waals surface area (Å²) in [5.41, 5.74) is 17.1. The molecule has 0 aromatic heterocycles. The van der Waals surface area contributed by atoms with Crippen LogP contribution >= 0.6 is 17.0 Å². The number of fused-ring (bicyclic) bond motifs is 2. The second-order valence-corrected chi connectivity index (χ2v) is 63.1. The Hall–Kier alpha value is -1.96. The number of halogens is 2. The fraction of sp³-hybridized carbons (Fsp3) is 0.481. The van der Waals surface area contributed by atoms with E-state index in [0.29, 0.717) is 0 Å². The van der Waals surface area contributed by atoms with Crippen molar-refractivity contribution in [2.75, 3.05) is 0 Å². The van der Waals surface area contributed by atoms with Gasteiger partial charge in [0.05, 0.1) is 0 Å². The molecule has 0 nitrogen and oxygen atoms in total. The maximum atomic E-state index is 9.22. The molecule has 4 aromatic rings. The molecule has 0 radical (unpaired) electrons. The third-order valence-corrected chi connectivity index (χ3v) is 67.5. The van der Waals surface area contributed by atoms with E-state index in [1.54, 1.807) is 11.1 Å². The minimum atomic E-state index is -5.09. The molecule has 58 heavy (non-hydrogen) atoms. The zero-order valence-corrected chi connectivity index (χ0v) is 41.7. The maximum absolute atomic E-state index is 9.22. The summed E-state index contributed by atoms with van der Waals surface area (Å²) in [6.07, 6.45) is 26.2. The van der Waals surface area contributed by atoms with Crippen molar-refractivity contribution in [2.24, 2.45) is 10.8 Å². The zero-order valence-electron chi connectivity index (χ0n) is 36.5. The van der Waals surface area contributed by atoms with Gasteiger partial charge in [0.25, 0.3) is 0 Å². The first kappa shape index (κ1) is 42.7. The molecule has 0 saturated heterocycles. The van der Waals surface area contributed by atoms with Gasteiger partial charge in [0.2, 0.25) is 0 Å². The number of benzene rings is 4. The van der Waals surface area contributed by atoms with Crippen LogP contribution in [0.3, 0.4) is 0 Å². The molecule has 0 heterocycles. The number of rotatable bonds is 9. The Morgan fingerprint density at radius 1 is 0.517 bits per heavy atom. The number of hydrogen-bond donors (Lipinski definition) is 0. The van der Waals surface area contributed by atoms with Crippen molar-refractivity contribution >= 4 is 35.1 Å². The first-order chi connectivity index (χ1) is 27.8. The van der Waals surface area contributed by atoms with E-state index in [4.69, 9.17) is 0 Å². The molecular formula is C54H69Cl2SiZr. The number of hydrogen-bond acceptors (Lipinski definition) is 0. The third kappa shape index (κ3) is 8.21. The van der Waals surface area contributed by atoms with E-state index in [-0.39, 0.29) is 18.1 Å². The van der Waals surface area contributed by atoms with Gasteiger partial charge >= 0.3 is 364 Å². The van der Waals surface area contributed by atoms with Gasteiger partial charge in [-0.15, -0.1) is 0 Å². The zero-order chi connectivity index (χ0) is 40.7. The summed E-state index contributed by atoms with van der Waals surface area (Å²) in [4.78, 5) is 0. The van der Waals surface area contributed by atoms with E-state index < -0.39 is 21.5 Å². The first-order valence-corrected chi connectivity index (χ1v) is 39.5. The van der Waals surface area contributed by atoms with E-state index in [1.807, 2.05) is 0 Å². The molecule has 2 unspecified atom stereocenters. The molecule has 4 aromatic carbocycles. The Balaban J connectivity index is 1.34. The van der Waals surface area contributed by atoms with Crippen molar-refractivity contribution in [1.29, 1.82) is 0 Å². The normalized spacial score (nSPS) is 22.7. The Morgan fingerprint density at radius 2 is 0.862 bits per heavy atom. The first-order valence-electron chi connectivity index (χ1n) is 23.2. The van der Waals surface area contributed by atoms with Crippen molar-refractivity contribution < 1.29 is 15.6 Å². The van der Waals surface area contributed by atoms with Gasteiger partial charge < -0.3 is 0 Å². The second kappa shape index (κ2) is 17.1. The second-order valence-electron chi connectivity index (χ2n) is 20.5. The van der Waals surface area contributed by atoms with Crippen molar-refractivity contribution in [3.8, 4) is 22.3 Å². The molecule has 0 amide bonds. The Kier molecular flexibility index (Phi) is 12.6. The van der Waals surface area contributed by atoms with E-state index in [9.17, 15) is 17.0 Å². The molecule has 8 rings (SSSR count). The molecule has 2 saturated carbocycles. The van der Waals surface area contributed by atoms with Gasteiger partial charge in [0.1, 0.15) is 0 Å². The molecular weight excluding hydrogens is 839 g/mol. The average molecular weight is 908 g/mol. The van der Waals surface area contributed by atoms with Crippen molar-refractivity contribution in [3.63, 3.8) is 0 Å². The molecule has 0 spiro atoms. The predicted octanol–water partition coefficient (Wildman–Crippen LogP) is 17.5. The van der Waals surface area contributed by atoms with Crippen LogP contribution in [0.4, 0.5) is 0 Å². The van der Waals surface area contributed by atoms with Crippen LogP contribution < -0.4 is 0 Å². The van der Waals surface area contributed by atoms with Gasteiger partial charge in [-0.2, -0.15) is 0 Å². The van der Waals surface area contributed by atoms with E-state index in [2.05, 4.69) is 138 Å². The van der Waals surface area contributed by atoms with Crippen LogP contribution in [0.25, 0.3) is 34.4 Å². The topological polar surface area (TPSA) is 0 Å².